The van der Waals surface area contributed by atoms with Gasteiger partial charge in [0.15, 0.2) is 11.5 Å². The summed E-state index contributed by atoms with van der Waals surface area (Å²) >= 11 is 0. The van der Waals surface area contributed by atoms with Crippen LogP contribution in [-0.4, -0.2) is 19.3 Å². The van der Waals surface area contributed by atoms with E-state index in [4.69, 9.17) is 13.9 Å². The second-order valence-corrected chi connectivity index (χ2v) is 3.95. The van der Waals surface area contributed by atoms with Crippen LogP contribution in [0, 0.1) is 6.92 Å². The maximum atomic E-state index is 10.3. The molecule has 1 aromatic heterocycles. The van der Waals surface area contributed by atoms with Crippen molar-refractivity contribution in [2.24, 2.45) is 0 Å². The Morgan fingerprint density at radius 2 is 1.83 bits per heavy atom. The van der Waals surface area contributed by atoms with Crippen LogP contribution in [0.5, 0.6) is 11.5 Å². The molecule has 0 radical (unpaired) electrons. The Morgan fingerprint density at radius 3 is 2.39 bits per heavy atom. The largest absolute Gasteiger partial charge is 0.493 e. The molecular formula is C14H16O4. The van der Waals surface area contributed by atoms with E-state index in [2.05, 4.69) is 0 Å². The van der Waals surface area contributed by atoms with Gasteiger partial charge in [0.2, 0.25) is 0 Å². The van der Waals surface area contributed by atoms with Gasteiger partial charge in [0.1, 0.15) is 11.9 Å². The second-order valence-electron chi connectivity index (χ2n) is 3.95. The first-order chi connectivity index (χ1) is 8.67. The van der Waals surface area contributed by atoms with Crippen LogP contribution < -0.4 is 9.47 Å². The molecule has 4 heteroatoms. The highest BCUT2D eigenvalue weighted by Gasteiger charge is 2.16. The van der Waals surface area contributed by atoms with E-state index in [1.807, 2.05) is 6.92 Å². The average Bonchev–Trinajstić information content (AvgIpc) is 2.83. The summed E-state index contributed by atoms with van der Waals surface area (Å²) in [7, 11) is 3.14. The average molecular weight is 248 g/mol. The highest BCUT2D eigenvalue weighted by Crippen LogP contribution is 2.33. The minimum absolute atomic E-state index is 0.593. The van der Waals surface area contributed by atoms with Crippen LogP contribution in [0.15, 0.2) is 34.9 Å². The summed E-state index contributed by atoms with van der Waals surface area (Å²) in [4.78, 5) is 0. The van der Waals surface area contributed by atoms with E-state index in [1.165, 1.54) is 0 Å². The van der Waals surface area contributed by atoms with Crippen LogP contribution in [0.4, 0.5) is 0 Å². The molecule has 0 amide bonds. The molecule has 1 N–H and O–H groups in total. The van der Waals surface area contributed by atoms with Gasteiger partial charge in [-0.1, -0.05) is 6.07 Å². The van der Waals surface area contributed by atoms with Gasteiger partial charge in [0.25, 0.3) is 0 Å². The quantitative estimate of drug-likeness (QED) is 0.903. The van der Waals surface area contributed by atoms with E-state index in [0.29, 0.717) is 17.3 Å². The molecule has 0 aliphatic carbocycles. The third-order valence-corrected chi connectivity index (χ3v) is 2.92. The van der Waals surface area contributed by atoms with E-state index in [0.717, 1.165) is 11.1 Å². The van der Waals surface area contributed by atoms with Crippen LogP contribution in [0.3, 0.4) is 0 Å². The number of furan rings is 1. The molecule has 4 nitrogen and oxygen atoms in total. The predicted molar refractivity (Wildman–Crippen MR) is 67.1 cm³/mol. The van der Waals surface area contributed by atoms with E-state index >= 15 is 0 Å². The Kier molecular flexibility index (Phi) is 3.58. The molecular weight excluding hydrogens is 232 g/mol. The number of aliphatic hydroxyl groups is 1. The fourth-order valence-corrected chi connectivity index (χ4v) is 1.88. The van der Waals surface area contributed by atoms with Crippen LogP contribution in [0.25, 0.3) is 0 Å². The zero-order valence-electron chi connectivity index (χ0n) is 10.6. The van der Waals surface area contributed by atoms with Crippen molar-refractivity contribution in [3.63, 3.8) is 0 Å². The molecule has 0 fully saturated rings. The van der Waals surface area contributed by atoms with Gasteiger partial charge in [-0.15, -0.1) is 0 Å². The molecule has 0 saturated carbocycles. The van der Waals surface area contributed by atoms with Crippen molar-refractivity contribution < 1.29 is 19.0 Å². The molecule has 1 unspecified atom stereocenters. The summed E-state index contributed by atoms with van der Waals surface area (Å²) in [6.45, 7) is 1.82. The summed E-state index contributed by atoms with van der Waals surface area (Å²) in [6.07, 6.45) is 0.831. The first kappa shape index (κ1) is 12.5. The lowest BCUT2D eigenvalue weighted by molar-refractivity contribution is 0.217. The fourth-order valence-electron chi connectivity index (χ4n) is 1.88. The predicted octanol–water partition coefficient (Wildman–Crippen LogP) is 2.69. The smallest absolute Gasteiger partial charge is 0.161 e. The first-order valence-electron chi connectivity index (χ1n) is 5.61. The highest BCUT2D eigenvalue weighted by atomic mass is 16.5. The molecule has 0 saturated heterocycles. The topological polar surface area (TPSA) is 51.8 Å². The molecule has 2 aromatic rings. The Hall–Kier alpha value is -1.94. The van der Waals surface area contributed by atoms with E-state index < -0.39 is 6.10 Å². The first-order valence-corrected chi connectivity index (χ1v) is 5.61. The standard InChI is InChI=1S/C14H16O4/c1-9-11(6-7-18-9)14(15)10-4-5-12(16-2)13(8-10)17-3/h4-8,14-15H,1-3H3. The number of aryl methyl sites for hydroxylation is 1. The minimum atomic E-state index is -0.733. The van der Waals surface area contributed by atoms with E-state index in [-0.39, 0.29) is 0 Å². The highest BCUT2D eigenvalue weighted by molar-refractivity contribution is 5.45. The maximum absolute atomic E-state index is 10.3. The number of aliphatic hydroxyl groups excluding tert-OH is 1. The lowest BCUT2D eigenvalue weighted by Gasteiger charge is -2.13. The van der Waals surface area contributed by atoms with E-state index in [9.17, 15) is 5.11 Å². The number of benzene rings is 1. The summed E-state index contributed by atoms with van der Waals surface area (Å²) in [5.41, 5.74) is 1.49. The van der Waals surface area contributed by atoms with Gasteiger partial charge in [0, 0.05) is 5.56 Å². The molecule has 1 atom stereocenters. The summed E-state index contributed by atoms with van der Waals surface area (Å²) in [6, 6.07) is 7.10. The number of rotatable bonds is 4. The Bertz CT molecular complexity index is 530. The van der Waals surface area contributed by atoms with Gasteiger partial charge >= 0.3 is 0 Å². The summed E-state index contributed by atoms with van der Waals surface area (Å²) in [5.74, 6) is 1.94. The van der Waals surface area contributed by atoms with Crippen LogP contribution >= 0.6 is 0 Å². The number of hydrogen-bond donors (Lipinski definition) is 1. The van der Waals surface area contributed by atoms with Crippen molar-refractivity contribution in [1.82, 2.24) is 0 Å². The normalized spacial score (nSPS) is 12.2. The molecule has 0 spiro atoms. The molecule has 1 aromatic carbocycles. The Labute approximate surface area is 106 Å². The van der Waals surface area contributed by atoms with Crippen LogP contribution in [0.1, 0.15) is 23.0 Å². The molecule has 0 aliphatic rings. The SMILES string of the molecule is COc1ccc(C(O)c2ccoc2C)cc1OC. The molecule has 0 bridgehead atoms. The second kappa shape index (κ2) is 5.14. The molecule has 2 rings (SSSR count). The van der Waals surface area contributed by atoms with Gasteiger partial charge in [-0.3, -0.25) is 0 Å². The number of hydrogen-bond acceptors (Lipinski definition) is 4. The lowest BCUT2D eigenvalue weighted by Crippen LogP contribution is -2.01. The zero-order chi connectivity index (χ0) is 13.1. The summed E-state index contributed by atoms with van der Waals surface area (Å²) in [5, 5.41) is 10.3. The van der Waals surface area contributed by atoms with Crippen molar-refractivity contribution in [3.05, 3.63) is 47.4 Å². The van der Waals surface area contributed by atoms with Crippen LogP contribution in [0.2, 0.25) is 0 Å². The van der Waals surface area contributed by atoms with Gasteiger partial charge < -0.3 is 19.0 Å². The monoisotopic (exact) mass is 248 g/mol. The third-order valence-electron chi connectivity index (χ3n) is 2.92. The van der Waals surface area contributed by atoms with Gasteiger partial charge in [-0.25, -0.2) is 0 Å². The molecule has 1 heterocycles. The van der Waals surface area contributed by atoms with Crippen LogP contribution in [-0.2, 0) is 0 Å². The van der Waals surface area contributed by atoms with Gasteiger partial charge in [-0.05, 0) is 30.7 Å². The summed E-state index contributed by atoms with van der Waals surface area (Å²) < 4.78 is 15.6. The maximum Gasteiger partial charge on any atom is 0.161 e. The van der Waals surface area contributed by atoms with Crippen molar-refractivity contribution in [3.8, 4) is 11.5 Å². The zero-order valence-corrected chi connectivity index (χ0v) is 10.6. The molecule has 18 heavy (non-hydrogen) atoms. The molecule has 0 aliphatic heterocycles. The fraction of sp³-hybridized carbons (Fsp3) is 0.286. The number of ether oxygens (including phenoxy) is 2. The molecule has 96 valence electrons. The minimum Gasteiger partial charge on any atom is -0.493 e. The van der Waals surface area contributed by atoms with Crippen molar-refractivity contribution in [2.75, 3.05) is 14.2 Å². The number of methoxy groups -OCH3 is 2. The van der Waals surface area contributed by atoms with Crippen molar-refractivity contribution in [1.29, 1.82) is 0 Å². The Morgan fingerprint density at radius 1 is 1.11 bits per heavy atom. The Balaban J connectivity index is 2.37. The van der Waals surface area contributed by atoms with Gasteiger partial charge in [0.05, 0.1) is 20.5 Å². The lowest BCUT2D eigenvalue weighted by atomic mass is 10.0. The van der Waals surface area contributed by atoms with Crippen molar-refractivity contribution >= 4 is 0 Å². The van der Waals surface area contributed by atoms with E-state index in [1.54, 1.807) is 44.7 Å². The third kappa shape index (κ3) is 2.19. The van der Waals surface area contributed by atoms with Crippen molar-refractivity contribution in [2.45, 2.75) is 13.0 Å². The van der Waals surface area contributed by atoms with Gasteiger partial charge in [-0.2, -0.15) is 0 Å².